The van der Waals surface area contributed by atoms with E-state index in [2.05, 4.69) is 9.80 Å². The molecule has 0 unspecified atom stereocenters. The Kier molecular flexibility index (Phi) is 6.60. The molecule has 0 amide bonds. The third kappa shape index (κ3) is 5.29. The second-order valence-corrected chi connectivity index (χ2v) is 5.50. The van der Waals surface area contributed by atoms with Crippen molar-refractivity contribution in [3.63, 3.8) is 0 Å². The van der Waals surface area contributed by atoms with E-state index in [1.807, 2.05) is 24.3 Å². The molecule has 112 valence electrons. The molecule has 1 N–H and O–H groups in total. The van der Waals surface area contributed by atoms with Crippen LogP contribution < -0.4 is 4.74 Å². The highest BCUT2D eigenvalue weighted by Crippen LogP contribution is 2.15. The van der Waals surface area contributed by atoms with E-state index < -0.39 is 0 Å². The molecule has 0 spiro atoms. The van der Waals surface area contributed by atoms with Gasteiger partial charge in [-0.3, -0.25) is 4.90 Å². The van der Waals surface area contributed by atoms with Crippen molar-refractivity contribution in [1.82, 2.24) is 9.80 Å². The topological polar surface area (TPSA) is 35.9 Å². The van der Waals surface area contributed by atoms with Crippen molar-refractivity contribution in [2.75, 3.05) is 52.5 Å². The number of piperazine rings is 1. The predicted octanol–water partition coefficient (Wildman–Crippen LogP) is 1.72. The Morgan fingerprint density at radius 2 is 1.60 bits per heavy atom. The van der Waals surface area contributed by atoms with Crippen LogP contribution in [0.1, 0.15) is 6.42 Å². The lowest BCUT2D eigenvalue weighted by Crippen LogP contribution is -2.47. The van der Waals surface area contributed by atoms with Crippen molar-refractivity contribution in [1.29, 1.82) is 0 Å². The Hall–Kier alpha value is -0.810. The van der Waals surface area contributed by atoms with E-state index >= 15 is 0 Å². The monoisotopic (exact) mass is 298 g/mol. The van der Waals surface area contributed by atoms with Gasteiger partial charge in [-0.15, -0.1) is 0 Å². The fraction of sp³-hybridized carbons (Fsp3) is 0.600. The second-order valence-electron chi connectivity index (χ2n) is 5.06. The Bertz CT molecular complexity index is 378. The molecule has 1 saturated heterocycles. The van der Waals surface area contributed by atoms with Crippen LogP contribution in [-0.4, -0.2) is 67.4 Å². The molecule has 0 saturated carbocycles. The summed E-state index contributed by atoms with van der Waals surface area (Å²) in [6, 6.07) is 7.48. The molecule has 0 bridgehead atoms. The normalized spacial score (nSPS) is 17.3. The standard InChI is InChI=1S/C15H23ClN2O2/c16-14-2-4-15(5-3-14)20-13-11-18-9-7-17(8-10-18)6-1-12-19/h2-5,19H,1,6-13H2. The van der Waals surface area contributed by atoms with Crippen molar-refractivity contribution in [3.05, 3.63) is 29.3 Å². The van der Waals surface area contributed by atoms with Crippen molar-refractivity contribution in [2.45, 2.75) is 6.42 Å². The van der Waals surface area contributed by atoms with Crippen LogP contribution in [0.3, 0.4) is 0 Å². The first-order valence-corrected chi connectivity index (χ1v) is 7.59. The number of hydrogen-bond acceptors (Lipinski definition) is 4. The van der Waals surface area contributed by atoms with Gasteiger partial charge < -0.3 is 14.7 Å². The molecular weight excluding hydrogens is 276 g/mol. The van der Waals surface area contributed by atoms with Gasteiger partial charge in [0.05, 0.1) is 0 Å². The molecule has 1 aromatic carbocycles. The third-order valence-electron chi connectivity index (χ3n) is 3.59. The molecule has 0 aromatic heterocycles. The molecule has 0 radical (unpaired) electrons. The first-order valence-electron chi connectivity index (χ1n) is 7.22. The number of nitrogens with zero attached hydrogens (tertiary/aromatic N) is 2. The molecule has 20 heavy (non-hydrogen) atoms. The lowest BCUT2D eigenvalue weighted by Gasteiger charge is -2.34. The Morgan fingerprint density at radius 3 is 2.20 bits per heavy atom. The number of halogens is 1. The van der Waals surface area contributed by atoms with Crippen LogP contribution in [0.15, 0.2) is 24.3 Å². The van der Waals surface area contributed by atoms with Gasteiger partial charge in [0, 0.05) is 50.9 Å². The van der Waals surface area contributed by atoms with Crippen LogP contribution in [0.4, 0.5) is 0 Å². The van der Waals surface area contributed by atoms with E-state index in [1.165, 1.54) is 0 Å². The first-order chi connectivity index (χ1) is 9.78. The van der Waals surface area contributed by atoms with Crippen LogP contribution in [-0.2, 0) is 0 Å². The van der Waals surface area contributed by atoms with Crippen molar-refractivity contribution >= 4 is 11.6 Å². The molecule has 2 rings (SSSR count). The minimum atomic E-state index is 0.287. The minimum Gasteiger partial charge on any atom is -0.492 e. The highest BCUT2D eigenvalue weighted by atomic mass is 35.5. The molecule has 1 fully saturated rings. The highest BCUT2D eigenvalue weighted by molar-refractivity contribution is 6.30. The highest BCUT2D eigenvalue weighted by Gasteiger charge is 2.15. The van der Waals surface area contributed by atoms with Crippen LogP contribution in [0.2, 0.25) is 5.02 Å². The smallest absolute Gasteiger partial charge is 0.119 e. The zero-order chi connectivity index (χ0) is 14.2. The number of benzene rings is 1. The zero-order valence-electron chi connectivity index (χ0n) is 11.8. The molecule has 0 aliphatic carbocycles. The van der Waals surface area contributed by atoms with Gasteiger partial charge >= 0.3 is 0 Å². The Labute approximate surface area is 125 Å². The summed E-state index contributed by atoms with van der Waals surface area (Å²) >= 11 is 5.83. The Morgan fingerprint density at radius 1 is 1.00 bits per heavy atom. The number of aliphatic hydroxyl groups is 1. The minimum absolute atomic E-state index is 0.287. The molecule has 0 atom stereocenters. The molecule has 1 aromatic rings. The van der Waals surface area contributed by atoms with Crippen molar-refractivity contribution in [2.24, 2.45) is 0 Å². The SMILES string of the molecule is OCCCN1CCN(CCOc2ccc(Cl)cc2)CC1. The van der Waals surface area contributed by atoms with Gasteiger partial charge in [-0.05, 0) is 30.7 Å². The summed E-state index contributed by atoms with van der Waals surface area (Å²) in [6.07, 6.45) is 0.875. The molecule has 4 nitrogen and oxygen atoms in total. The molecule has 1 heterocycles. The lowest BCUT2D eigenvalue weighted by atomic mass is 10.3. The fourth-order valence-electron chi connectivity index (χ4n) is 2.35. The summed E-state index contributed by atoms with van der Waals surface area (Å²) in [5, 5.41) is 9.56. The summed E-state index contributed by atoms with van der Waals surface area (Å²) < 4.78 is 5.71. The number of aliphatic hydroxyl groups excluding tert-OH is 1. The second kappa shape index (κ2) is 8.47. The van der Waals surface area contributed by atoms with Gasteiger partial charge in [-0.25, -0.2) is 0 Å². The van der Waals surface area contributed by atoms with Gasteiger partial charge in [-0.2, -0.15) is 0 Å². The van der Waals surface area contributed by atoms with E-state index in [4.69, 9.17) is 21.4 Å². The van der Waals surface area contributed by atoms with Gasteiger partial charge in [0.15, 0.2) is 0 Å². The van der Waals surface area contributed by atoms with Gasteiger partial charge in [-0.1, -0.05) is 11.6 Å². The maximum absolute atomic E-state index is 8.83. The largest absolute Gasteiger partial charge is 0.492 e. The molecule has 1 aliphatic heterocycles. The number of ether oxygens (including phenoxy) is 1. The number of hydrogen-bond donors (Lipinski definition) is 1. The van der Waals surface area contributed by atoms with Gasteiger partial charge in [0.25, 0.3) is 0 Å². The van der Waals surface area contributed by atoms with E-state index in [1.54, 1.807) is 0 Å². The third-order valence-corrected chi connectivity index (χ3v) is 3.84. The zero-order valence-corrected chi connectivity index (χ0v) is 12.6. The van der Waals surface area contributed by atoms with E-state index in [9.17, 15) is 0 Å². The number of rotatable bonds is 7. The predicted molar refractivity (Wildman–Crippen MR) is 81.5 cm³/mol. The van der Waals surface area contributed by atoms with Crippen LogP contribution >= 0.6 is 11.6 Å². The molecule has 1 aliphatic rings. The molecular formula is C15H23ClN2O2. The fourth-order valence-corrected chi connectivity index (χ4v) is 2.48. The maximum Gasteiger partial charge on any atom is 0.119 e. The quantitative estimate of drug-likeness (QED) is 0.831. The summed E-state index contributed by atoms with van der Waals surface area (Å²) in [5.74, 6) is 0.871. The van der Waals surface area contributed by atoms with Crippen LogP contribution in [0, 0.1) is 0 Å². The first kappa shape index (κ1) is 15.6. The average Bonchev–Trinajstić information content (AvgIpc) is 2.48. The summed E-state index contributed by atoms with van der Waals surface area (Å²) in [7, 11) is 0. The summed E-state index contributed by atoms with van der Waals surface area (Å²) in [4.78, 5) is 4.83. The van der Waals surface area contributed by atoms with Gasteiger partial charge in [0.1, 0.15) is 12.4 Å². The average molecular weight is 299 g/mol. The maximum atomic E-state index is 8.83. The van der Waals surface area contributed by atoms with Crippen LogP contribution in [0.5, 0.6) is 5.75 Å². The summed E-state index contributed by atoms with van der Waals surface area (Å²) in [5.41, 5.74) is 0. The van der Waals surface area contributed by atoms with E-state index in [-0.39, 0.29) is 6.61 Å². The molecule has 5 heteroatoms. The van der Waals surface area contributed by atoms with Crippen LogP contribution in [0.25, 0.3) is 0 Å². The van der Waals surface area contributed by atoms with E-state index in [0.29, 0.717) is 6.61 Å². The van der Waals surface area contributed by atoms with Crippen molar-refractivity contribution in [3.8, 4) is 5.75 Å². The lowest BCUT2D eigenvalue weighted by molar-refractivity contribution is 0.111. The summed E-state index contributed by atoms with van der Waals surface area (Å²) in [6.45, 7) is 7.28. The van der Waals surface area contributed by atoms with Crippen molar-refractivity contribution < 1.29 is 9.84 Å². The van der Waals surface area contributed by atoms with Gasteiger partial charge in [0.2, 0.25) is 0 Å². The van der Waals surface area contributed by atoms with E-state index in [0.717, 1.165) is 56.5 Å². The Balaban J connectivity index is 1.60.